The van der Waals surface area contributed by atoms with Crippen molar-refractivity contribution >= 4 is 17.6 Å². The molecule has 0 aliphatic rings. The lowest BCUT2D eigenvalue weighted by molar-refractivity contribution is -0.123. The minimum Gasteiger partial charge on any atom is -0.475 e. The van der Waals surface area contributed by atoms with Crippen LogP contribution in [-0.4, -0.2) is 11.9 Å². The van der Waals surface area contributed by atoms with E-state index in [2.05, 4.69) is 5.32 Å². The molecule has 33 heavy (non-hydrogen) atoms. The predicted molar refractivity (Wildman–Crippen MR) is 127 cm³/mol. The molecule has 0 bridgehead atoms. The molecule has 0 radical (unpaired) electrons. The van der Waals surface area contributed by atoms with Crippen LogP contribution in [0.2, 0.25) is 0 Å². The fourth-order valence-corrected chi connectivity index (χ4v) is 3.30. The number of carbonyl (C=O) groups is 2. The van der Waals surface area contributed by atoms with Crippen LogP contribution in [0.15, 0.2) is 115 Å². The SMILES string of the molecule is O=C(OCc1ccccc1)c1ccccc1OC(C(=O)Nc1ccccc1)c1ccccc1. The zero-order chi connectivity index (χ0) is 22.9. The number of nitrogens with one attached hydrogen (secondary N) is 1. The normalized spacial score (nSPS) is 11.3. The molecule has 0 saturated carbocycles. The first-order valence-corrected chi connectivity index (χ1v) is 10.6. The van der Waals surface area contributed by atoms with Crippen LogP contribution >= 0.6 is 0 Å². The second kappa shape index (κ2) is 10.8. The van der Waals surface area contributed by atoms with Crippen LogP contribution in [0.4, 0.5) is 5.69 Å². The van der Waals surface area contributed by atoms with Crippen LogP contribution in [0.3, 0.4) is 0 Å². The average Bonchev–Trinajstić information content (AvgIpc) is 2.88. The smallest absolute Gasteiger partial charge is 0.342 e. The molecule has 0 fully saturated rings. The minimum absolute atomic E-state index is 0.143. The molecule has 5 nitrogen and oxygen atoms in total. The molecule has 1 unspecified atom stereocenters. The Labute approximate surface area is 192 Å². The third-order valence-corrected chi connectivity index (χ3v) is 4.95. The van der Waals surface area contributed by atoms with Gasteiger partial charge < -0.3 is 14.8 Å². The third-order valence-electron chi connectivity index (χ3n) is 4.95. The maximum absolute atomic E-state index is 13.2. The molecule has 4 aromatic rings. The van der Waals surface area contributed by atoms with Gasteiger partial charge in [0.15, 0.2) is 0 Å². The average molecular weight is 437 g/mol. The molecule has 0 aliphatic heterocycles. The molecule has 0 saturated heterocycles. The summed E-state index contributed by atoms with van der Waals surface area (Å²) >= 11 is 0. The Bertz CT molecular complexity index is 1190. The Morgan fingerprint density at radius 3 is 1.97 bits per heavy atom. The van der Waals surface area contributed by atoms with E-state index in [4.69, 9.17) is 9.47 Å². The van der Waals surface area contributed by atoms with Crippen LogP contribution in [-0.2, 0) is 16.1 Å². The Morgan fingerprint density at radius 2 is 1.27 bits per heavy atom. The fourth-order valence-electron chi connectivity index (χ4n) is 3.30. The highest BCUT2D eigenvalue weighted by molar-refractivity contribution is 5.96. The Morgan fingerprint density at radius 1 is 0.697 bits per heavy atom. The molecule has 4 aromatic carbocycles. The zero-order valence-electron chi connectivity index (χ0n) is 17.9. The van der Waals surface area contributed by atoms with Gasteiger partial charge in [0, 0.05) is 11.3 Å². The van der Waals surface area contributed by atoms with Gasteiger partial charge in [-0.05, 0) is 29.8 Å². The Balaban J connectivity index is 1.56. The van der Waals surface area contributed by atoms with Gasteiger partial charge in [0.2, 0.25) is 6.10 Å². The molecule has 1 amide bonds. The van der Waals surface area contributed by atoms with Crippen molar-refractivity contribution < 1.29 is 19.1 Å². The molecule has 4 rings (SSSR count). The molecule has 164 valence electrons. The molecule has 0 aliphatic carbocycles. The van der Waals surface area contributed by atoms with Crippen LogP contribution in [0.1, 0.15) is 27.6 Å². The molecular weight excluding hydrogens is 414 g/mol. The first-order valence-electron chi connectivity index (χ1n) is 10.6. The van der Waals surface area contributed by atoms with Crippen molar-refractivity contribution in [2.24, 2.45) is 0 Å². The number of carbonyl (C=O) groups excluding carboxylic acids is 2. The molecule has 0 aromatic heterocycles. The predicted octanol–water partition coefficient (Wildman–Crippen LogP) is 5.80. The van der Waals surface area contributed by atoms with Gasteiger partial charge in [-0.3, -0.25) is 4.79 Å². The summed E-state index contributed by atoms with van der Waals surface area (Å²) in [6.07, 6.45) is -0.963. The van der Waals surface area contributed by atoms with Gasteiger partial charge in [-0.15, -0.1) is 0 Å². The largest absolute Gasteiger partial charge is 0.475 e. The number of ether oxygens (including phenoxy) is 2. The van der Waals surface area contributed by atoms with Crippen LogP contribution < -0.4 is 10.1 Å². The first-order chi connectivity index (χ1) is 16.2. The summed E-state index contributed by atoms with van der Waals surface area (Å²) in [6.45, 7) is 0.143. The number of esters is 1. The standard InChI is InChI=1S/C28H23NO4/c30-27(29-23-16-8-3-9-17-23)26(22-14-6-2-7-15-22)33-25-19-11-10-18-24(25)28(31)32-20-21-12-4-1-5-13-21/h1-19,26H,20H2,(H,29,30). The van der Waals surface area contributed by atoms with E-state index >= 15 is 0 Å². The van der Waals surface area contributed by atoms with Gasteiger partial charge in [0.1, 0.15) is 17.9 Å². The van der Waals surface area contributed by atoms with E-state index < -0.39 is 12.1 Å². The molecule has 5 heteroatoms. The number of para-hydroxylation sites is 2. The Kier molecular flexibility index (Phi) is 7.13. The van der Waals surface area contributed by atoms with E-state index in [-0.39, 0.29) is 23.8 Å². The van der Waals surface area contributed by atoms with Crippen LogP contribution in [0.25, 0.3) is 0 Å². The van der Waals surface area contributed by atoms with Crippen LogP contribution in [0, 0.1) is 0 Å². The third kappa shape index (κ3) is 5.86. The summed E-state index contributed by atoms with van der Waals surface area (Å²) in [6, 6.07) is 34.5. The molecule has 0 spiro atoms. The van der Waals surface area contributed by atoms with E-state index in [1.165, 1.54) is 0 Å². The topological polar surface area (TPSA) is 64.6 Å². The lowest BCUT2D eigenvalue weighted by atomic mass is 10.1. The molecule has 1 N–H and O–H groups in total. The highest BCUT2D eigenvalue weighted by Crippen LogP contribution is 2.27. The quantitative estimate of drug-likeness (QED) is 0.354. The summed E-state index contributed by atoms with van der Waals surface area (Å²) in [5.41, 5.74) is 2.46. The van der Waals surface area contributed by atoms with Gasteiger partial charge in [-0.2, -0.15) is 0 Å². The lowest BCUT2D eigenvalue weighted by Crippen LogP contribution is -2.26. The van der Waals surface area contributed by atoms with Gasteiger partial charge in [-0.25, -0.2) is 4.79 Å². The van der Waals surface area contributed by atoms with Crippen molar-refractivity contribution in [3.8, 4) is 5.75 Å². The van der Waals surface area contributed by atoms with Crippen molar-refractivity contribution in [2.45, 2.75) is 12.7 Å². The van der Waals surface area contributed by atoms with Crippen molar-refractivity contribution in [1.29, 1.82) is 0 Å². The number of hydrogen-bond donors (Lipinski definition) is 1. The first kappa shape index (κ1) is 21.8. The molecular formula is C28H23NO4. The monoisotopic (exact) mass is 437 g/mol. The van der Waals surface area contributed by atoms with Crippen molar-refractivity contribution in [2.75, 3.05) is 5.32 Å². The summed E-state index contributed by atoms with van der Waals surface area (Å²) in [5, 5.41) is 2.88. The highest BCUT2D eigenvalue weighted by Gasteiger charge is 2.25. The Hall–Kier alpha value is -4.38. The number of amides is 1. The number of hydrogen-bond acceptors (Lipinski definition) is 4. The summed E-state index contributed by atoms with van der Waals surface area (Å²) in [4.78, 5) is 26.0. The van der Waals surface area contributed by atoms with E-state index in [0.29, 0.717) is 11.3 Å². The van der Waals surface area contributed by atoms with E-state index in [1.807, 2.05) is 78.9 Å². The molecule has 1 atom stereocenters. The van der Waals surface area contributed by atoms with Crippen LogP contribution in [0.5, 0.6) is 5.75 Å². The second-order valence-corrected chi connectivity index (χ2v) is 7.32. The van der Waals surface area contributed by atoms with Gasteiger partial charge in [-0.1, -0.05) is 91.0 Å². The van der Waals surface area contributed by atoms with Crippen molar-refractivity contribution in [3.63, 3.8) is 0 Å². The fraction of sp³-hybridized carbons (Fsp3) is 0.0714. The summed E-state index contributed by atoms with van der Waals surface area (Å²) in [5.74, 6) is -0.600. The summed E-state index contributed by atoms with van der Waals surface area (Å²) < 4.78 is 11.6. The van der Waals surface area contributed by atoms with E-state index in [9.17, 15) is 9.59 Å². The number of benzene rings is 4. The van der Waals surface area contributed by atoms with Crippen molar-refractivity contribution in [3.05, 3.63) is 132 Å². The second-order valence-electron chi connectivity index (χ2n) is 7.32. The maximum atomic E-state index is 13.2. The maximum Gasteiger partial charge on any atom is 0.342 e. The van der Waals surface area contributed by atoms with Gasteiger partial charge in [0.25, 0.3) is 5.91 Å². The highest BCUT2D eigenvalue weighted by atomic mass is 16.5. The zero-order valence-corrected chi connectivity index (χ0v) is 17.9. The summed E-state index contributed by atoms with van der Waals surface area (Å²) in [7, 11) is 0. The number of rotatable bonds is 8. The van der Waals surface area contributed by atoms with E-state index in [1.54, 1.807) is 36.4 Å². The minimum atomic E-state index is -0.963. The van der Waals surface area contributed by atoms with Crippen molar-refractivity contribution in [1.82, 2.24) is 0 Å². The van der Waals surface area contributed by atoms with Gasteiger partial charge >= 0.3 is 5.97 Å². The van der Waals surface area contributed by atoms with E-state index in [0.717, 1.165) is 5.56 Å². The number of anilines is 1. The van der Waals surface area contributed by atoms with Gasteiger partial charge in [0.05, 0.1) is 0 Å². The lowest BCUT2D eigenvalue weighted by Gasteiger charge is -2.20. The molecule has 0 heterocycles.